The Bertz CT molecular complexity index is 1770. The predicted octanol–water partition coefficient (Wildman–Crippen LogP) is 2.44. The summed E-state index contributed by atoms with van der Waals surface area (Å²) in [4.78, 5) is 94.3. The van der Waals surface area contributed by atoms with Gasteiger partial charge in [0.25, 0.3) is 0 Å². The van der Waals surface area contributed by atoms with E-state index in [0.29, 0.717) is 96.7 Å². The average Bonchev–Trinajstić information content (AvgIpc) is 3.27. The fraction of sp³-hybridized carbons (Fsp3) is 0.537. The summed E-state index contributed by atoms with van der Waals surface area (Å²) >= 11 is 5.19. The van der Waals surface area contributed by atoms with Gasteiger partial charge in [0.2, 0.25) is 41.4 Å². The summed E-state index contributed by atoms with van der Waals surface area (Å²) in [7, 11) is 0. The number of unbranched alkanes of at least 4 members (excludes halogenated alkanes) is 5. The largest absolute Gasteiger partial charge is 0.356 e. The van der Waals surface area contributed by atoms with Gasteiger partial charge < -0.3 is 21.3 Å². The van der Waals surface area contributed by atoms with E-state index in [1.807, 2.05) is 6.92 Å². The molecule has 0 aromatic carbocycles. The molecule has 346 valence electrons. The Labute approximate surface area is 372 Å². The maximum Gasteiger partial charge on any atom is 0.248 e. The molecule has 0 saturated carbocycles. The third kappa shape index (κ3) is 23.2. The van der Waals surface area contributed by atoms with Gasteiger partial charge in [-0.25, -0.2) is 15.2 Å². The van der Waals surface area contributed by atoms with Crippen LogP contribution < -0.4 is 26.7 Å². The van der Waals surface area contributed by atoms with E-state index in [2.05, 4.69) is 41.8 Å². The van der Waals surface area contributed by atoms with Crippen molar-refractivity contribution in [1.82, 2.24) is 51.9 Å². The number of thiocarbonyl (C=S) groups is 1. The van der Waals surface area contributed by atoms with Crippen molar-refractivity contribution >= 4 is 64.4 Å². The molecule has 0 radical (unpaired) electrons. The molecular weight excluding hydrogens is 839 g/mol. The average molecular weight is 900 g/mol. The van der Waals surface area contributed by atoms with Crippen LogP contribution >= 0.6 is 12.2 Å². The van der Waals surface area contributed by atoms with E-state index in [-0.39, 0.29) is 69.1 Å². The van der Waals surface area contributed by atoms with E-state index in [1.165, 1.54) is 6.92 Å². The summed E-state index contributed by atoms with van der Waals surface area (Å²) in [5.74, 6) is -3.77. The van der Waals surface area contributed by atoms with Gasteiger partial charge in [-0.1, -0.05) is 25.5 Å². The molecule has 2 heterocycles. The molecule has 0 aliphatic heterocycles. The summed E-state index contributed by atoms with van der Waals surface area (Å²) in [6.07, 6.45) is 5.62. The number of aromatic nitrogens is 2. The van der Waals surface area contributed by atoms with Gasteiger partial charge in [0.05, 0.1) is 11.4 Å². The predicted molar refractivity (Wildman–Crippen MR) is 232 cm³/mol. The molecule has 7 amide bonds. The quantitative estimate of drug-likeness (QED) is 0.0145. The number of hydroxylamine groups is 6. The number of nitrogens with one attached hydrogen (secondary N) is 5. The van der Waals surface area contributed by atoms with Gasteiger partial charge in [-0.15, -0.1) is 0 Å². The number of carbonyl (C=O) groups is 7. The van der Waals surface area contributed by atoms with Crippen molar-refractivity contribution in [2.75, 3.05) is 26.2 Å². The van der Waals surface area contributed by atoms with E-state index < -0.39 is 41.6 Å². The number of carbonyl (C=O) groups excluding carboxylic acids is 7. The number of hydrogen-bond acceptors (Lipinski definition) is 14. The molecule has 22 heteroatoms. The zero-order chi connectivity index (χ0) is 46.4. The van der Waals surface area contributed by atoms with Crippen LogP contribution in [0.3, 0.4) is 0 Å². The third-order valence-electron chi connectivity index (χ3n) is 9.15. The molecule has 1 atom stereocenters. The second-order valence-corrected chi connectivity index (χ2v) is 14.7. The van der Waals surface area contributed by atoms with Crippen molar-refractivity contribution in [3.63, 3.8) is 0 Å². The Hall–Kier alpha value is -5.97. The highest BCUT2D eigenvalue weighted by Gasteiger charge is 2.25. The van der Waals surface area contributed by atoms with Crippen molar-refractivity contribution in [3.05, 3.63) is 60.2 Å². The van der Waals surface area contributed by atoms with Crippen molar-refractivity contribution in [2.45, 2.75) is 116 Å². The van der Waals surface area contributed by atoms with E-state index in [0.717, 1.165) is 0 Å². The van der Waals surface area contributed by atoms with Crippen LogP contribution in [0.25, 0.3) is 0 Å². The molecule has 0 aliphatic carbocycles. The highest BCUT2D eigenvalue weighted by atomic mass is 32.1. The second kappa shape index (κ2) is 31.0. The summed E-state index contributed by atoms with van der Waals surface area (Å²) in [5.41, 5.74) is 4.12. The minimum Gasteiger partial charge on any atom is -0.356 e. The molecule has 2 aromatic rings. The second-order valence-electron chi connectivity index (χ2n) is 14.3. The molecule has 2 aromatic heterocycles. The van der Waals surface area contributed by atoms with E-state index in [9.17, 15) is 49.2 Å². The van der Waals surface area contributed by atoms with Crippen LogP contribution in [-0.4, -0.2) is 125 Å². The summed E-state index contributed by atoms with van der Waals surface area (Å²) in [5, 5.41) is 46.3. The molecule has 63 heavy (non-hydrogen) atoms. The van der Waals surface area contributed by atoms with Gasteiger partial charge in [-0.2, -0.15) is 5.10 Å². The minimum atomic E-state index is -1.08. The number of pyridine rings is 2. The first kappa shape index (κ1) is 53.2. The number of amides is 7. The standard InChI is InChI=1S/C41H61N11O10S/c1-3-4-17-33(52(62)39(59)23-20-35(55)45-27-9-5-13-28-50(60)30(2)53)46-36(56)21-22-38(58)51(61)29-14-6-10-26-44-34(54)18-19-37(57)47-41(63)49-48-40(31-15-7-11-24-42-31)32-16-8-12-25-43-32/h7-8,11-12,15-16,24-25,33,60-62H,3-6,9-10,13-14,17-23,26-29H2,1-2H3,(H,44,54)(H,45,55)(H,46,56)(H2,47,49,57,63). The van der Waals surface area contributed by atoms with Crippen LogP contribution in [0.5, 0.6) is 0 Å². The SMILES string of the molecule is CCCCC(NC(=O)CCC(=O)N(O)CCCCCNC(=O)CCC(=O)NC(=S)NN=C(c1ccccn1)c1ccccn1)N(O)C(=O)CCC(=O)NCCCCCN(O)C(C)=O. The lowest BCUT2D eigenvalue weighted by molar-refractivity contribution is -0.181. The summed E-state index contributed by atoms with van der Waals surface area (Å²) in [6, 6.07) is 10.6. The zero-order valence-electron chi connectivity index (χ0n) is 35.9. The Morgan fingerprint density at radius 1 is 0.667 bits per heavy atom. The fourth-order valence-electron chi connectivity index (χ4n) is 5.61. The molecule has 0 saturated heterocycles. The smallest absolute Gasteiger partial charge is 0.248 e. The minimum absolute atomic E-state index is 0.00697. The molecule has 0 bridgehead atoms. The molecular formula is C41H61N11O10S. The first-order valence-corrected chi connectivity index (χ1v) is 21.4. The normalized spacial score (nSPS) is 11.0. The highest BCUT2D eigenvalue weighted by Crippen LogP contribution is 2.10. The molecule has 0 aliphatic rings. The van der Waals surface area contributed by atoms with Gasteiger partial charge in [0, 0.05) is 84.0 Å². The molecule has 1 unspecified atom stereocenters. The van der Waals surface area contributed by atoms with Gasteiger partial charge >= 0.3 is 0 Å². The van der Waals surface area contributed by atoms with Crippen molar-refractivity contribution in [2.24, 2.45) is 5.10 Å². The van der Waals surface area contributed by atoms with E-state index in [4.69, 9.17) is 12.2 Å². The van der Waals surface area contributed by atoms with Crippen LogP contribution in [0.1, 0.15) is 122 Å². The topological polar surface area (TPSA) is 288 Å². The third-order valence-corrected chi connectivity index (χ3v) is 9.34. The molecule has 21 nitrogen and oxygen atoms in total. The monoisotopic (exact) mass is 899 g/mol. The van der Waals surface area contributed by atoms with Crippen LogP contribution in [0.2, 0.25) is 0 Å². The first-order valence-electron chi connectivity index (χ1n) is 21.0. The maximum atomic E-state index is 12.7. The van der Waals surface area contributed by atoms with Crippen LogP contribution in [0.4, 0.5) is 0 Å². The lowest BCUT2D eigenvalue weighted by Gasteiger charge is -2.27. The van der Waals surface area contributed by atoms with Crippen molar-refractivity contribution in [1.29, 1.82) is 0 Å². The Balaban J connectivity index is 1.61. The first-order chi connectivity index (χ1) is 30.2. The zero-order valence-corrected chi connectivity index (χ0v) is 36.7. The van der Waals surface area contributed by atoms with Crippen LogP contribution in [0, 0.1) is 0 Å². The molecule has 8 N–H and O–H groups in total. The van der Waals surface area contributed by atoms with E-state index >= 15 is 0 Å². The number of hydrazone groups is 1. The maximum absolute atomic E-state index is 12.7. The fourth-order valence-corrected chi connectivity index (χ4v) is 5.77. The Morgan fingerprint density at radius 3 is 1.73 bits per heavy atom. The lowest BCUT2D eigenvalue weighted by Crippen LogP contribution is -2.49. The molecule has 0 fully saturated rings. The summed E-state index contributed by atoms with van der Waals surface area (Å²) in [6.45, 7) is 3.97. The number of rotatable bonds is 29. The van der Waals surface area contributed by atoms with Gasteiger partial charge in [0.15, 0.2) is 5.11 Å². The van der Waals surface area contributed by atoms with Gasteiger partial charge in [0.1, 0.15) is 11.9 Å². The number of nitrogens with zero attached hydrogens (tertiary/aromatic N) is 6. The number of hydrogen-bond donors (Lipinski definition) is 8. The summed E-state index contributed by atoms with van der Waals surface area (Å²) < 4.78 is 0. The molecule has 0 spiro atoms. The Kier molecular flexibility index (Phi) is 26.1. The van der Waals surface area contributed by atoms with Gasteiger partial charge in [-0.05, 0) is 87.8 Å². The van der Waals surface area contributed by atoms with Gasteiger partial charge in [-0.3, -0.25) is 64.6 Å². The van der Waals surface area contributed by atoms with Crippen LogP contribution in [-0.2, 0) is 33.6 Å². The van der Waals surface area contributed by atoms with Crippen molar-refractivity contribution in [3.8, 4) is 0 Å². The molecule has 2 rings (SSSR count). The highest BCUT2D eigenvalue weighted by molar-refractivity contribution is 7.80. The lowest BCUT2D eigenvalue weighted by atomic mass is 10.1. The van der Waals surface area contributed by atoms with E-state index in [1.54, 1.807) is 48.8 Å². The Morgan fingerprint density at radius 2 is 1.19 bits per heavy atom. The van der Waals surface area contributed by atoms with Crippen LogP contribution in [0.15, 0.2) is 53.9 Å². The van der Waals surface area contributed by atoms with Crippen molar-refractivity contribution < 1.29 is 49.2 Å².